The summed E-state index contributed by atoms with van der Waals surface area (Å²) in [4.78, 5) is 24.7. The van der Waals surface area contributed by atoms with Crippen LogP contribution in [0.15, 0.2) is 40.9 Å². The molecule has 5 nitrogen and oxygen atoms in total. The monoisotopic (exact) mass is 321 g/mol. The Morgan fingerprint density at radius 1 is 1.14 bits per heavy atom. The zero-order chi connectivity index (χ0) is 16.2. The van der Waals surface area contributed by atoms with Gasteiger partial charge >= 0.3 is 11.9 Å². The minimum absolute atomic E-state index is 0.149. The number of benzene rings is 1. The third kappa shape index (κ3) is 4.27. The van der Waals surface area contributed by atoms with E-state index in [0.29, 0.717) is 0 Å². The number of carbonyl (C=O) groups excluding carboxylic acids is 2. The number of ether oxygens (including phenoxy) is 2. The normalized spacial score (nSPS) is 16.8. The number of carbonyl (C=O) groups is 2. The second kappa shape index (κ2) is 6.87. The maximum Gasteiger partial charge on any atom is 0.350 e. The molecule has 0 radical (unpaired) electrons. The largest absolute Gasteiger partial charge is 0.419 e. The average molecular weight is 321 g/mol. The molecule has 1 N–H and O–H groups in total. The molecule has 118 valence electrons. The fraction of sp³-hybridized carbons (Fsp3) is 0.375. The third-order valence-electron chi connectivity index (χ3n) is 2.83. The van der Waals surface area contributed by atoms with E-state index in [1.165, 1.54) is 24.9 Å². The van der Waals surface area contributed by atoms with E-state index >= 15 is 0 Å². The number of nitrogens with one attached hydrogen (secondary N) is 1. The van der Waals surface area contributed by atoms with Crippen LogP contribution in [-0.4, -0.2) is 23.5 Å². The van der Waals surface area contributed by atoms with Crippen LogP contribution in [0.3, 0.4) is 0 Å². The molecule has 0 aromatic heterocycles. The Balaban J connectivity index is 2.02. The summed E-state index contributed by atoms with van der Waals surface area (Å²) in [5, 5.41) is 2.91. The molecule has 0 atom stereocenters. The Labute approximate surface area is 134 Å². The zero-order valence-corrected chi connectivity index (χ0v) is 13.7. The van der Waals surface area contributed by atoms with Gasteiger partial charge in [-0.25, -0.2) is 9.59 Å². The lowest BCUT2D eigenvalue weighted by Crippen LogP contribution is -2.42. The van der Waals surface area contributed by atoms with Crippen LogP contribution in [0.2, 0.25) is 0 Å². The summed E-state index contributed by atoms with van der Waals surface area (Å²) in [6.45, 7) is 5.16. The first-order valence-electron chi connectivity index (χ1n) is 7.07. The Morgan fingerprint density at radius 3 is 2.27 bits per heavy atom. The fourth-order valence-electron chi connectivity index (χ4n) is 1.80. The minimum atomic E-state index is -1.22. The number of rotatable bonds is 5. The number of hydrogen-bond donors (Lipinski definition) is 1. The van der Waals surface area contributed by atoms with Crippen LogP contribution >= 0.6 is 11.8 Å². The van der Waals surface area contributed by atoms with Gasteiger partial charge in [0.25, 0.3) is 5.79 Å². The molecule has 0 amide bonds. The van der Waals surface area contributed by atoms with Gasteiger partial charge in [0.2, 0.25) is 0 Å². The molecule has 1 saturated heterocycles. The summed E-state index contributed by atoms with van der Waals surface area (Å²) >= 11 is 1.78. The number of thioether (sulfide) groups is 1. The lowest BCUT2D eigenvalue weighted by atomic mass is 10.2. The van der Waals surface area contributed by atoms with Crippen molar-refractivity contribution in [1.29, 1.82) is 0 Å². The molecule has 1 aliphatic rings. The number of esters is 2. The highest BCUT2D eigenvalue weighted by atomic mass is 32.2. The highest BCUT2D eigenvalue weighted by Crippen LogP contribution is 2.24. The van der Waals surface area contributed by atoms with Crippen LogP contribution < -0.4 is 5.32 Å². The highest BCUT2D eigenvalue weighted by molar-refractivity contribution is 7.99. The van der Waals surface area contributed by atoms with Crippen LogP contribution in [0.5, 0.6) is 0 Å². The standard InChI is InChI=1S/C16H19NO4S/c1-4-9-22-12-7-5-11(6-8-12)17-10-13-14(18)20-16(2,3)21-15(13)19/h5-8,10,17H,4,9H2,1-3H3. The van der Waals surface area contributed by atoms with E-state index < -0.39 is 17.7 Å². The van der Waals surface area contributed by atoms with E-state index in [1.54, 1.807) is 11.8 Å². The average Bonchev–Trinajstić information content (AvgIpc) is 2.44. The van der Waals surface area contributed by atoms with Crippen molar-refractivity contribution in [3.8, 4) is 0 Å². The van der Waals surface area contributed by atoms with Crippen molar-refractivity contribution < 1.29 is 19.1 Å². The Hall–Kier alpha value is -1.95. The van der Waals surface area contributed by atoms with E-state index in [0.717, 1.165) is 17.9 Å². The molecule has 0 aliphatic carbocycles. The highest BCUT2D eigenvalue weighted by Gasteiger charge is 2.38. The first-order chi connectivity index (χ1) is 10.4. The van der Waals surface area contributed by atoms with Crippen molar-refractivity contribution in [2.24, 2.45) is 0 Å². The first-order valence-corrected chi connectivity index (χ1v) is 8.06. The van der Waals surface area contributed by atoms with Gasteiger partial charge in [0.1, 0.15) is 0 Å². The Morgan fingerprint density at radius 2 is 1.73 bits per heavy atom. The maximum absolute atomic E-state index is 11.8. The van der Waals surface area contributed by atoms with E-state index in [1.807, 2.05) is 24.3 Å². The zero-order valence-electron chi connectivity index (χ0n) is 12.8. The molecule has 1 aromatic rings. The van der Waals surface area contributed by atoms with E-state index in [9.17, 15) is 9.59 Å². The minimum Gasteiger partial charge on any atom is -0.419 e. The summed E-state index contributed by atoms with van der Waals surface area (Å²) < 4.78 is 10.0. The Kier molecular flexibility index (Phi) is 5.13. The molecule has 0 spiro atoms. The topological polar surface area (TPSA) is 64.6 Å². The lowest BCUT2D eigenvalue weighted by molar-refractivity contribution is -0.222. The van der Waals surface area contributed by atoms with Crippen molar-refractivity contribution in [3.05, 3.63) is 36.0 Å². The van der Waals surface area contributed by atoms with Crippen molar-refractivity contribution in [2.75, 3.05) is 11.1 Å². The van der Waals surface area contributed by atoms with Crippen LogP contribution in [0.25, 0.3) is 0 Å². The maximum atomic E-state index is 11.8. The van der Waals surface area contributed by atoms with Crippen LogP contribution in [0.4, 0.5) is 5.69 Å². The number of anilines is 1. The summed E-state index contributed by atoms with van der Waals surface area (Å²) in [5.41, 5.74) is 0.627. The van der Waals surface area contributed by atoms with Crippen LogP contribution in [0, 0.1) is 0 Å². The van der Waals surface area contributed by atoms with Gasteiger partial charge in [-0.05, 0) is 36.4 Å². The molecule has 0 saturated carbocycles. The SMILES string of the molecule is CCCSc1ccc(NC=C2C(=O)OC(C)(C)OC2=O)cc1. The molecule has 0 unspecified atom stereocenters. The molecule has 0 bridgehead atoms. The van der Waals surface area contributed by atoms with Crippen LogP contribution in [0.1, 0.15) is 27.2 Å². The number of hydrogen-bond acceptors (Lipinski definition) is 6. The van der Waals surface area contributed by atoms with Gasteiger partial charge in [-0.1, -0.05) is 6.92 Å². The van der Waals surface area contributed by atoms with Gasteiger partial charge in [-0.3, -0.25) is 0 Å². The summed E-state index contributed by atoms with van der Waals surface area (Å²) in [6, 6.07) is 7.75. The quantitative estimate of drug-likeness (QED) is 0.388. The smallest absolute Gasteiger partial charge is 0.350 e. The molecular weight excluding hydrogens is 302 g/mol. The predicted molar refractivity (Wildman–Crippen MR) is 85.4 cm³/mol. The molecular formula is C16H19NO4S. The first kappa shape index (κ1) is 16.4. The molecule has 1 aliphatic heterocycles. The second-order valence-corrected chi connectivity index (χ2v) is 6.42. The van der Waals surface area contributed by atoms with Gasteiger partial charge in [-0.2, -0.15) is 0 Å². The van der Waals surface area contributed by atoms with Gasteiger partial charge in [0, 0.05) is 30.6 Å². The molecule has 6 heteroatoms. The number of cyclic esters (lactones) is 2. The van der Waals surface area contributed by atoms with E-state index in [-0.39, 0.29) is 5.57 Å². The summed E-state index contributed by atoms with van der Waals surface area (Å²) in [5.74, 6) is -1.53. The predicted octanol–water partition coefficient (Wildman–Crippen LogP) is 3.32. The Bertz CT molecular complexity index is 571. The van der Waals surface area contributed by atoms with Crippen molar-refractivity contribution in [2.45, 2.75) is 37.9 Å². The third-order valence-corrected chi connectivity index (χ3v) is 4.05. The van der Waals surface area contributed by atoms with Crippen molar-refractivity contribution in [3.63, 3.8) is 0 Å². The molecule has 1 aromatic carbocycles. The van der Waals surface area contributed by atoms with Gasteiger partial charge in [0.05, 0.1) is 0 Å². The van der Waals surface area contributed by atoms with Crippen molar-refractivity contribution >= 4 is 29.4 Å². The van der Waals surface area contributed by atoms with Gasteiger partial charge in [0.15, 0.2) is 5.57 Å². The van der Waals surface area contributed by atoms with E-state index in [2.05, 4.69) is 12.2 Å². The lowest BCUT2D eigenvalue weighted by Gasteiger charge is -2.29. The van der Waals surface area contributed by atoms with Gasteiger partial charge < -0.3 is 14.8 Å². The molecule has 2 rings (SSSR count). The van der Waals surface area contributed by atoms with Crippen molar-refractivity contribution in [1.82, 2.24) is 0 Å². The van der Waals surface area contributed by atoms with Crippen LogP contribution in [-0.2, 0) is 19.1 Å². The van der Waals surface area contributed by atoms with Gasteiger partial charge in [-0.15, -0.1) is 11.8 Å². The molecule has 22 heavy (non-hydrogen) atoms. The summed E-state index contributed by atoms with van der Waals surface area (Å²) in [7, 11) is 0. The second-order valence-electron chi connectivity index (χ2n) is 5.25. The van der Waals surface area contributed by atoms with E-state index in [4.69, 9.17) is 9.47 Å². The molecule has 1 heterocycles. The molecule has 1 fully saturated rings. The fourth-order valence-corrected chi connectivity index (χ4v) is 2.57. The summed E-state index contributed by atoms with van der Waals surface area (Å²) in [6.07, 6.45) is 2.44.